The van der Waals surface area contributed by atoms with Crippen molar-refractivity contribution in [2.45, 2.75) is 18.4 Å². The minimum atomic E-state index is -3.28. The molecule has 1 N–H and O–H groups in total. The number of pyridine rings is 1. The Morgan fingerprint density at radius 1 is 1.47 bits per heavy atom. The van der Waals surface area contributed by atoms with Crippen molar-refractivity contribution < 1.29 is 13.2 Å². The zero-order valence-electron chi connectivity index (χ0n) is 9.67. The van der Waals surface area contributed by atoms with E-state index in [1.807, 2.05) is 6.92 Å². The maximum absolute atomic E-state index is 11.6. The van der Waals surface area contributed by atoms with Gasteiger partial charge in [0.15, 0.2) is 14.9 Å². The number of nitrogens with zero attached hydrogens (tertiary/aromatic N) is 1. The van der Waals surface area contributed by atoms with Gasteiger partial charge in [-0.15, -0.1) is 0 Å². The first-order chi connectivity index (χ1) is 7.88. The lowest BCUT2D eigenvalue weighted by Gasteiger charge is -2.04. The number of amides is 1. The van der Waals surface area contributed by atoms with Crippen molar-refractivity contribution in [1.82, 2.24) is 4.98 Å². The van der Waals surface area contributed by atoms with Crippen molar-refractivity contribution in [2.75, 3.05) is 11.6 Å². The Morgan fingerprint density at radius 3 is 2.53 bits per heavy atom. The second-order valence-corrected chi connectivity index (χ2v) is 6.43. The summed E-state index contributed by atoms with van der Waals surface area (Å²) in [4.78, 5) is 15.4. The van der Waals surface area contributed by atoms with Crippen LogP contribution in [0.4, 0.5) is 5.69 Å². The molecule has 0 aliphatic heterocycles. The van der Waals surface area contributed by atoms with Gasteiger partial charge in [-0.05, 0) is 24.5 Å². The molecule has 2 rings (SSSR count). The van der Waals surface area contributed by atoms with Crippen molar-refractivity contribution in [3.63, 3.8) is 0 Å². The van der Waals surface area contributed by atoms with E-state index in [-0.39, 0.29) is 16.9 Å². The highest BCUT2D eigenvalue weighted by molar-refractivity contribution is 7.90. The predicted octanol–water partition coefficient (Wildman–Crippen LogP) is 1.08. The standard InChI is InChI=1S/C11H14N2O3S/c1-7-5-9(7)11(14)13-8-3-4-10(12-6-8)17(2,15)16/h3-4,6-7,9H,5H2,1-2H3,(H,13,14)/t7-,9+/m1/s1. The number of anilines is 1. The van der Waals surface area contributed by atoms with Crippen LogP contribution in [-0.2, 0) is 14.6 Å². The Hall–Kier alpha value is -1.43. The van der Waals surface area contributed by atoms with Crippen LogP contribution in [0.1, 0.15) is 13.3 Å². The van der Waals surface area contributed by atoms with Crippen molar-refractivity contribution >= 4 is 21.4 Å². The van der Waals surface area contributed by atoms with Crippen molar-refractivity contribution in [1.29, 1.82) is 0 Å². The normalized spacial score (nSPS) is 23.2. The Morgan fingerprint density at radius 2 is 2.12 bits per heavy atom. The van der Waals surface area contributed by atoms with Crippen molar-refractivity contribution in [2.24, 2.45) is 11.8 Å². The second-order valence-electron chi connectivity index (χ2n) is 4.47. The third-order valence-electron chi connectivity index (χ3n) is 2.83. The minimum Gasteiger partial charge on any atom is -0.324 e. The second kappa shape index (κ2) is 4.10. The quantitative estimate of drug-likeness (QED) is 0.875. The molecule has 2 atom stereocenters. The Bertz CT molecular complexity index is 536. The summed E-state index contributed by atoms with van der Waals surface area (Å²) in [7, 11) is -3.28. The number of aromatic nitrogens is 1. The third kappa shape index (κ3) is 2.82. The number of sulfone groups is 1. The summed E-state index contributed by atoms with van der Waals surface area (Å²) in [6.45, 7) is 2.02. The lowest BCUT2D eigenvalue weighted by Crippen LogP contribution is -2.14. The molecule has 17 heavy (non-hydrogen) atoms. The largest absolute Gasteiger partial charge is 0.324 e. The zero-order chi connectivity index (χ0) is 12.6. The van der Waals surface area contributed by atoms with E-state index >= 15 is 0 Å². The van der Waals surface area contributed by atoms with Crippen molar-refractivity contribution in [3.8, 4) is 0 Å². The summed E-state index contributed by atoms with van der Waals surface area (Å²) in [5, 5.41) is 2.73. The fraction of sp³-hybridized carbons (Fsp3) is 0.455. The molecule has 1 aromatic rings. The van der Waals surface area contributed by atoms with Gasteiger partial charge in [0.1, 0.15) is 0 Å². The van der Waals surface area contributed by atoms with E-state index in [0.717, 1.165) is 12.7 Å². The average Bonchev–Trinajstić information content (AvgIpc) is 2.95. The van der Waals surface area contributed by atoms with E-state index in [0.29, 0.717) is 11.6 Å². The topological polar surface area (TPSA) is 76.1 Å². The molecule has 6 heteroatoms. The van der Waals surface area contributed by atoms with E-state index in [4.69, 9.17) is 0 Å². The molecule has 1 amide bonds. The van der Waals surface area contributed by atoms with Gasteiger partial charge in [0, 0.05) is 12.2 Å². The number of rotatable bonds is 3. The highest BCUT2D eigenvalue weighted by Crippen LogP contribution is 2.38. The monoisotopic (exact) mass is 254 g/mol. The minimum absolute atomic E-state index is 0.00953. The Labute approximate surface area is 100 Å². The molecule has 5 nitrogen and oxygen atoms in total. The van der Waals surface area contributed by atoms with E-state index in [2.05, 4.69) is 10.3 Å². The van der Waals surface area contributed by atoms with Gasteiger partial charge >= 0.3 is 0 Å². The number of nitrogens with one attached hydrogen (secondary N) is 1. The van der Waals surface area contributed by atoms with Crippen LogP contribution >= 0.6 is 0 Å². The van der Waals surface area contributed by atoms with Crippen LogP contribution in [0.5, 0.6) is 0 Å². The summed E-state index contributed by atoms with van der Waals surface area (Å²) >= 11 is 0. The molecule has 1 aliphatic carbocycles. The molecule has 1 saturated carbocycles. The maximum atomic E-state index is 11.6. The number of hydrogen-bond donors (Lipinski definition) is 1. The molecule has 0 saturated heterocycles. The van der Waals surface area contributed by atoms with Gasteiger partial charge in [0.2, 0.25) is 5.91 Å². The molecule has 0 unspecified atom stereocenters. The van der Waals surface area contributed by atoms with Crippen LogP contribution in [0.2, 0.25) is 0 Å². The number of carbonyl (C=O) groups excluding carboxylic acids is 1. The van der Waals surface area contributed by atoms with Gasteiger partial charge in [-0.3, -0.25) is 4.79 Å². The predicted molar refractivity (Wildman–Crippen MR) is 63.2 cm³/mol. The van der Waals surface area contributed by atoms with Crippen LogP contribution in [0.15, 0.2) is 23.4 Å². The average molecular weight is 254 g/mol. The van der Waals surface area contributed by atoms with Crippen LogP contribution in [-0.4, -0.2) is 25.6 Å². The first-order valence-electron chi connectivity index (χ1n) is 5.35. The van der Waals surface area contributed by atoms with Gasteiger partial charge in [0.05, 0.1) is 11.9 Å². The highest BCUT2D eigenvalue weighted by atomic mass is 32.2. The molecule has 1 fully saturated rings. The molecule has 92 valence electrons. The summed E-state index contributed by atoms with van der Waals surface area (Å²) < 4.78 is 22.4. The van der Waals surface area contributed by atoms with Gasteiger partial charge in [-0.25, -0.2) is 13.4 Å². The first kappa shape index (κ1) is 12.0. The molecule has 1 aliphatic rings. The van der Waals surface area contributed by atoms with Crippen LogP contribution in [0.3, 0.4) is 0 Å². The van der Waals surface area contributed by atoms with E-state index in [9.17, 15) is 13.2 Å². The Kier molecular flexibility index (Phi) is 2.91. The van der Waals surface area contributed by atoms with Gasteiger partial charge in [-0.1, -0.05) is 6.92 Å². The lowest BCUT2D eigenvalue weighted by molar-refractivity contribution is -0.117. The number of hydrogen-bond acceptors (Lipinski definition) is 4. The van der Waals surface area contributed by atoms with Crippen LogP contribution in [0.25, 0.3) is 0 Å². The van der Waals surface area contributed by atoms with Gasteiger partial charge < -0.3 is 5.32 Å². The van der Waals surface area contributed by atoms with Crippen molar-refractivity contribution in [3.05, 3.63) is 18.3 Å². The molecule has 0 radical (unpaired) electrons. The lowest BCUT2D eigenvalue weighted by atomic mass is 10.3. The number of carbonyl (C=O) groups is 1. The highest BCUT2D eigenvalue weighted by Gasteiger charge is 2.39. The van der Waals surface area contributed by atoms with Gasteiger partial charge in [-0.2, -0.15) is 0 Å². The van der Waals surface area contributed by atoms with E-state index in [1.54, 1.807) is 6.07 Å². The zero-order valence-corrected chi connectivity index (χ0v) is 10.5. The maximum Gasteiger partial charge on any atom is 0.227 e. The third-order valence-corrected chi connectivity index (χ3v) is 3.83. The fourth-order valence-corrected chi connectivity index (χ4v) is 2.16. The molecule has 1 aromatic heterocycles. The Balaban J connectivity index is 2.06. The van der Waals surface area contributed by atoms with E-state index < -0.39 is 9.84 Å². The van der Waals surface area contributed by atoms with Crippen LogP contribution < -0.4 is 5.32 Å². The summed E-state index contributed by atoms with van der Waals surface area (Å²) in [6.07, 6.45) is 3.38. The first-order valence-corrected chi connectivity index (χ1v) is 7.24. The summed E-state index contributed by atoms with van der Waals surface area (Å²) in [5.74, 6) is 0.509. The SMILES string of the molecule is C[C@@H]1C[C@@H]1C(=O)Nc1ccc(S(C)(=O)=O)nc1. The smallest absolute Gasteiger partial charge is 0.227 e. The molecular weight excluding hydrogens is 240 g/mol. The molecule has 0 spiro atoms. The molecule has 1 heterocycles. The summed E-state index contributed by atoms with van der Waals surface area (Å²) in [6, 6.07) is 2.94. The molecule has 0 aromatic carbocycles. The molecular formula is C11H14N2O3S. The fourth-order valence-electron chi connectivity index (χ4n) is 1.60. The summed E-state index contributed by atoms with van der Waals surface area (Å²) in [5.41, 5.74) is 0.529. The van der Waals surface area contributed by atoms with E-state index in [1.165, 1.54) is 12.3 Å². The molecule has 0 bridgehead atoms. The van der Waals surface area contributed by atoms with Gasteiger partial charge in [0.25, 0.3) is 0 Å². The van der Waals surface area contributed by atoms with Crippen LogP contribution in [0, 0.1) is 11.8 Å².